The van der Waals surface area contributed by atoms with Crippen LogP contribution in [-0.2, 0) is 6.18 Å². The molecule has 1 aliphatic heterocycles. The van der Waals surface area contributed by atoms with Gasteiger partial charge in [-0.15, -0.1) is 11.8 Å². The van der Waals surface area contributed by atoms with Crippen molar-refractivity contribution < 1.29 is 18.0 Å². The third-order valence-corrected chi connectivity index (χ3v) is 5.94. The van der Waals surface area contributed by atoms with Gasteiger partial charge >= 0.3 is 12.2 Å². The molecule has 9 heteroatoms. The third kappa shape index (κ3) is 4.05. The van der Waals surface area contributed by atoms with Crippen LogP contribution in [0.15, 0.2) is 42.5 Å². The summed E-state index contributed by atoms with van der Waals surface area (Å²) in [7, 11) is 0. The average Bonchev–Trinajstić information content (AvgIpc) is 3.06. The number of urea groups is 1. The van der Waals surface area contributed by atoms with E-state index >= 15 is 0 Å². The quantitative estimate of drug-likeness (QED) is 0.618. The van der Waals surface area contributed by atoms with Gasteiger partial charge in [0, 0.05) is 23.5 Å². The second-order valence-electron chi connectivity index (χ2n) is 5.56. The van der Waals surface area contributed by atoms with Crippen molar-refractivity contribution in [3.63, 3.8) is 0 Å². The third-order valence-electron chi connectivity index (χ3n) is 3.86. The van der Waals surface area contributed by atoms with E-state index in [1.165, 1.54) is 12.1 Å². The fourth-order valence-electron chi connectivity index (χ4n) is 2.58. The summed E-state index contributed by atoms with van der Waals surface area (Å²) in [5.41, 5.74) is 0.246. The first-order chi connectivity index (χ1) is 12.3. The van der Waals surface area contributed by atoms with Crippen LogP contribution in [0.25, 0.3) is 0 Å². The Morgan fingerprint density at radius 2 is 1.85 bits per heavy atom. The normalized spacial score (nSPS) is 17.4. The van der Waals surface area contributed by atoms with E-state index < -0.39 is 17.8 Å². The summed E-state index contributed by atoms with van der Waals surface area (Å²) in [6.45, 7) is 0.491. The Kier molecular flexibility index (Phi) is 5.60. The van der Waals surface area contributed by atoms with Crippen molar-refractivity contribution >= 4 is 46.7 Å². The van der Waals surface area contributed by atoms with E-state index in [4.69, 9.17) is 23.2 Å². The lowest BCUT2D eigenvalue weighted by Crippen LogP contribution is -2.34. The van der Waals surface area contributed by atoms with Crippen molar-refractivity contribution in [3.05, 3.63) is 63.6 Å². The molecule has 3 nitrogen and oxygen atoms in total. The number of alkyl halides is 3. The summed E-state index contributed by atoms with van der Waals surface area (Å²) in [4.78, 5) is 14.2. The van der Waals surface area contributed by atoms with Crippen molar-refractivity contribution in [1.82, 2.24) is 4.90 Å². The Labute approximate surface area is 162 Å². The lowest BCUT2D eigenvalue weighted by molar-refractivity contribution is -0.137. The predicted molar refractivity (Wildman–Crippen MR) is 98.8 cm³/mol. The molecule has 1 aliphatic rings. The van der Waals surface area contributed by atoms with Crippen LogP contribution >= 0.6 is 35.0 Å². The number of carbonyl (C=O) groups is 1. The van der Waals surface area contributed by atoms with Crippen molar-refractivity contribution in [2.75, 3.05) is 17.6 Å². The first-order valence-electron chi connectivity index (χ1n) is 7.58. The minimum absolute atomic E-state index is 0.288. The number of anilines is 1. The van der Waals surface area contributed by atoms with E-state index in [9.17, 15) is 18.0 Å². The second kappa shape index (κ2) is 7.58. The SMILES string of the molecule is O=C(Nc1ccc(C(F)(F)F)cc1)N1CCSC1c1cccc(Cl)c1Cl. The van der Waals surface area contributed by atoms with Crippen LogP contribution in [0.4, 0.5) is 23.7 Å². The van der Waals surface area contributed by atoms with Crippen molar-refractivity contribution in [3.8, 4) is 0 Å². The standard InChI is InChI=1S/C17H13Cl2F3N2OS/c18-13-3-1-2-12(14(13)19)15-24(8-9-26-15)16(25)23-11-6-4-10(5-7-11)17(20,21)22/h1-7,15H,8-9H2,(H,23,25). The van der Waals surface area contributed by atoms with E-state index in [0.29, 0.717) is 22.3 Å². The van der Waals surface area contributed by atoms with E-state index in [2.05, 4.69) is 5.32 Å². The molecule has 2 aromatic carbocycles. The highest BCUT2D eigenvalue weighted by Gasteiger charge is 2.33. The molecule has 0 spiro atoms. The summed E-state index contributed by atoms with van der Waals surface area (Å²) in [6.07, 6.45) is -4.41. The molecule has 0 aliphatic carbocycles. The molecule has 1 fully saturated rings. The number of amides is 2. The maximum absolute atomic E-state index is 12.6. The number of thioether (sulfide) groups is 1. The monoisotopic (exact) mass is 420 g/mol. The zero-order valence-electron chi connectivity index (χ0n) is 13.2. The number of benzene rings is 2. The molecule has 0 radical (unpaired) electrons. The minimum Gasteiger partial charge on any atom is -0.308 e. The van der Waals surface area contributed by atoms with Gasteiger partial charge in [-0.1, -0.05) is 35.3 Å². The van der Waals surface area contributed by atoms with Gasteiger partial charge in [0.1, 0.15) is 5.37 Å². The lowest BCUT2D eigenvalue weighted by Gasteiger charge is -2.25. The molecular weight excluding hydrogens is 408 g/mol. The number of rotatable bonds is 2. The Bertz CT molecular complexity index is 815. The highest BCUT2D eigenvalue weighted by atomic mass is 35.5. The molecule has 2 amide bonds. The average molecular weight is 421 g/mol. The van der Waals surface area contributed by atoms with Gasteiger partial charge in [-0.3, -0.25) is 0 Å². The first-order valence-corrected chi connectivity index (χ1v) is 9.38. The van der Waals surface area contributed by atoms with Crippen LogP contribution < -0.4 is 5.32 Å². The van der Waals surface area contributed by atoms with Gasteiger partial charge in [-0.25, -0.2) is 4.79 Å². The van der Waals surface area contributed by atoms with Crippen molar-refractivity contribution in [2.24, 2.45) is 0 Å². The van der Waals surface area contributed by atoms with Gasteiger partial charge in [0.05, 0.1) is 15.6 Å². The zero-order chi connectivity index (χ0) is 18.9. The number of hydrogen-bond acceptors (Lipinski definition) is 2. The highest BCUT2D eigenvalue weighted by molar-refractivity contribution is 7.99. The Morgan fingerprint density at radius 3 is 2.50 bits per heavy atom. The van der Waals surface area contributed by atoms with Gasteiger partial charge in [0.25, 0.3) is 0 Å². The van der Waals surface area contributed by atoms with E-state index in [-0.39, 0.29) is 11.1 Å². The minimum atomic E-state index is -4.41. The molecule has 1 unspecified atom stereocenters. The van der Waals surface area contributed by atoms with Crippen LogP contribution in [0.5, 0.6) is 0 Å². The van der Waals surface area contributed by atoms with Crippen molar-refractivity contribution in [1.29, 1.82) is 0 Å². The van der Waals surface area contributed by atoms with E-state index in [1.807, 2.05) is 0 Å². The van der Waals surface area contributed by atoms with Crippen LogP contribution in [0.2, 0.25) is 10.0 Å². The van der Waals surface area contributed by atoms with Crippen LogP contribution in [0.1, 0.15) is 16.5 Å². The van der Waals surface area contributed by atoms with Crippen LogP contribution in [0, 0.1) is 0 Å². The van der Waals surface area contributed by atoms with Gasteiger partial charge in [-0.2, -0.15) is 13.2 Å². The molecule has 138 valence electrons. The molecule has 0 bridgehead atoms. The summed E-state index contributed by atoms with van der Waals surface area (Å²) < 4.78 is 37.8. The molecule has 26 heavy (non-hydrogen) atoms. The smallest absolute Gasteiger partial charge is 0.308 e. The lowest BCUT2D eigenvalue weighted by atomic mass is 10.2. The fourth-order valence-corrected chi connectivity index (χ4v) is 4.34. The number of nitrogens with zero attached hydrogens (tertiary/aromatic N) is 1. The van der Waals surface area contributed by atoms with Gasteiger partial charge in [0.2, 0.25) is 0 Å². The molecule has 1 heterocycles. The van der Waals surface area contributed by atoms with Crippen molar-refractivity contribution in [2.45, 2.75) is 11.6 Å². The number of halogens is 5. The molecule has 1 atom stereocenters. The summed E-state index contributed by atoms with van der Waals surface area (Å²) in [6, 6.07) is 9.13. The Morgan fingerprint density at radius 1 is 1.15 bits per heavy atom. The van der Waals surface area contributed by atoms with E-state index in [0.717, 1.165) is 17.7 Å². The van der Waals surface area contributed by atoms with Crippen LogP contribution in [0.3, 0.4) is 0 Å². The number of carbonyl (C=O) groups excluding carboxylic acids is 1. The molecule has 0 aromatic heterocycles. The molecule has 2 aromatic rings. The second-order valence-corrected chi connectivity index (χ2v) is 7.54. The topological polar surface area (TPSA) is 32.3 Å². The van der Waals surface area contributed by atoms with Gasteiger partial charge < -0.3 is 10.2 Å². The fraction of sp³-hybridized carbons (Fsp3) is 0.235. The maximum atomic E-state index is 12.6. The number of hydrogen-bond donors (Lipinski definition) is 1. The number of nitrogens with one attached hydrogen (secondary N) is 1. The van der Waals surface area contributed by atoms with E-state index in [1.54, 1.807) is 34.9 Å². The molecule has 1 saturated heterocycles. The molecule has 0 saturated carbocycles. The zero-order valence-corrected chi connectivity index (χ0v) is 15.5. The maximum Gasteiger partial charge on any atom is 0.416 e. The molecule has 1 N–H and O–H groups in total. The van der Waals surface area contributed by atoms with Gasteiger partial charge in [-0.05, 0) is 30.3 Å². The Balaban J connectivity index is 1.75. The first kappa shape index (κ1) is 19.2. The largest absolute Gasteiger partial charge is 0.416 e. The molecular formula is C17H13Cl2F3N2OS. The molecule has 3 rings (SSSR count). The summed E-state index contributed by atoms with van der Waals surface area (Å²) >= 11 is 13.8. The highest BCUT2D eigenvalue weighted by Crippen LogP contribution is 2.43. The van der Waals surface area contributed by atoms with Gasteiger partial charge in [0.15, 0.2) is 0 Å². The van der Waals surface area contributed by atoms with Crippen LogP contribution in [-0.4, -0.2) is 23.2 Å². The predicted octanol–water partition coefficient (Wildman–Crippen LogP) is 6.29. The Hall–Kier alpha value is -1.57. The summed E-state index contributed by atoms with van der Waals surface area (Å²) in [5.74, 6) is 0.716. The summed E-state index contributed by atoms with van der Waals surface area (Å²) in [5, 5.41) is 3.11.